The Balaban J connectivity index is 1.79. The van der Waals surface area contributed by atoms with Gasteiger partial charge in [-0.25, -0.2) is 14.2 Å². The molecule has 8 heteroatoms. The van der Waals surface area contributed by atoms with E-state index in [1.54, 1.807) is 25.2 Å². The zero-order valence-electron chi connectivity index (χ0n) is 21.6. The van der Waals surface area contributed by atoms with Crippen molar-refractivity contribution in [2.75, 3.05) is 20.0 Å². The molecule has 194 valence electrons. The van der Waals surface area contributed by atoms with E-state index >= 15 is 4.39 Å². The van der Waals surface area contributed by atoms with Gasteiger partial charge in [-0.3, -0.25) is 4.90 Å². The van der Waals surface area contributed by atoms with Gasteiger partial charge < -0.3 is 14.2 Å². The molecule has 0 bridgehead atoms. The van der Waals surface area contributed by atoms with Gasteiger partial charge in [0.15, 0.2) is 5.17 Å². The van der Waals surface area contributed by atoms with Gasteiger partial charge in [-0.05, 0) is 63.3 Å². The predicted octanol–water partition coefficient (Wildman–Crippen LogP) is 6.38. The number of benzene rings is 2. The highest BCUT2D eigenvalue weighted by Gasteiger charge is 2.50. The van der Waals surface area contributed by atoms with Crippen LogP contribution in [0.5, 0.6) is 5.75 Å². The fraction of sp³-hybridized carbons (Fsp3) is 0.500. The highest BCUT2D eigenvalue weighted by Crippen LogP contribution is 2.51. The normalized spacial score (nSPS) is 23.9. The topological polar surface area (TPSA) is 60.4 Å². The number of hydrogen-bond donors (Lipinski definition) is 0. The van der Waals surface area contributed by atoms with Gasteiger partial charge in [0, 0.05) is 24.8 Å². The Hall–Kier alpha value is -2.58. The van der Waals surface area contributed by atoms with Gasteiger partial charge in [0.25, 0.3) is 0 Å². The Bertz CT molecular complexity index is 1100. The highest BCUT2D eigenvalue weighted by molar-refractivity contribution is 8.13. The number of amidine groups is 1. The molecule has 2 aliphatic rings. The number of amides is 1. The van der Waals surface area contributed by atoms with Crippen molar-refractivity contribution in [3.05, 3.63) is 65.5 Å². The zero-order valence-corrected chi connectivity index (χ0v) is 22.4. The summed E-state index contributed by atoms with van der Waals surface area (Å²) in [6.45, 7) is 5.80. The molecule has 2 aromatic rings. The quantitative estimate of drug-likeness (QED) is 0.463. The number of halogens is 1. The van der Waals surface area contributed by atoms with E-state index in [1.807, 2.05) is 57.2 Å². The molecule has 2 aromatic carbocycles. The summed E-state index contributed by atoms with van der Waals surface area (Å²) in [5.74, 6) is 1.32. The third-order valence-electron chi connectivity index (χ3n) is 6.78. The van der Waals surface area contributed by atoms with Crippen LogP contribution in [0, 0.1) is 11.7 Å². The average molecular weight is 515 g/mol. The van der Waals surface area contributed by atoms with Crippen LogP contribution in [0.2, 0.25) is 0 Å². The van der Waals surface area contributed by atoms with Gasteiger partial charge in [0.2, 0.25) is 0 Å². The molecule has 36 heavy (non-hydrogen) atoms. The first-order chi connectivity index (χ1) is 17.1. The number of ether oxygens (including phenoxy) is 3. The van der Waals surface area contributed by atoms with E-state index in [4.69, 9.17) is 19.2 Å². The van der Waals surface area contributed by atoms with Crippen LogP contribution in [0.1, 0.15) is 51.2 Å². The van der Waals surface area contributed by atoms with Crippen molar-refractivity contribution in [3.63, 3.8) is 0 Å². The van der Waals surface area contributed by atoms with E-state index in [0.29, 0.717) is 17.2 Å². The van der Waals surface area contributed by atoms with Crippen molar-refractivity contribution in [2.45, 2.75) is 63.8 Å². The summed E-state index contributed by atoms with van der Waals surface area (Å²) < 4.78 is 32.1. The van der Waals surface area contributed by atoms with Crippen LogP contribution < -0.4 is 4.74 Å². The molecule has 0 aromatic heterocycles. The van der Waals surface area contributed by atoms with E-state index in [2.05, 4.69) is 0 Å². The van der Waals surface area contributed by atoms with Crippen molar-refractivity contribution in [1.82, 2.24) is 4.90 Å². The number of rotatable bonds is 5. The fourth-order valence-electron chi connectivity index (χ4n) is 4.96. The van der Waals surface area contributed by atoms with Gasteiger partial charge in [0.05, 0.1) is 25.3 Å². The van der Waals surface area contributed by atoms with E-state index in [9.17, 15) is 4.79 Å². The van der Waals surface area contributed by atoms with Gasteiger partial charge in [-0.2, -0.15) is 0 Å². The molecule has 0 radical (unpaired) electrons. The molecule has 1 saturated carbocycles. The first kappa shape index (κ1) is 26.5. The van der Waals surface area contributed by atoms with Crippen LogP contribution in [0.15, 0.2) is 53.5 Å². The van der Waals surface area contributed by atoms with E-state index < -0.39 is 17.2 Å². The van der Waals surface area contributed by atoms with Crippen LogP contribution in [0.3, 0.4) is 0 Å². The van der Waals surface area contributed by atoms with Crippen LogP contribution in [-0.4, -0.2) is 47.8 Å². The third-order valence-corrected chi connectivity index (χ3v) is 7.92. The second kappa shape index (κ2) is 10.8. The molecule has 1 amide bonds. The molecule has 3 atom stereocenters. The Morgan fingerprint density at radius 1 is 1.14 bits per heavy atom. The number of aliphatic imine (C=N–C) groups is 1. The number of carbonyl (C=O) groups is 1. The SMILES string of the molecule is COc1ccc(CN(C(=O)OC(C)(C)C)C2=N[C@@]3(c4ccccc4F)CC(OC)CC[C@H]3CS2)cc1. The van der Waals surface area contributed by atoms with Gasteiger partial charge in [-0.15, -0.1) is 0 Å². The molecule has 0 N–H and O–H groups in total. The average Bonchev–Trinajstić information content (AvgIpc) is 2.86. The Morgan fingerprint density at radius 3 is 2.50 bits per heavy atom. The van der Waals surface area contributed by atoms with E-state index in [-0.39, 0.29) is 24.4 Å². The monoisotopic (exact) mass is 514 g/mol. The van der Waals surface area contributed by atoms with Crippen molar-refractivity contribution in [2.24, 2.45) is 10.9 Å². The Morgan fingerprint density at radius 2 is 1.86 bits per heavy atom. The molecule has 0 saturated heterocycles. The van der Waals surface area contributed by atoms with Gasteiger partial charge >= 0.3 is 6.09 Å². The maximum atomic E-state index is 15.3. The van der Waals surface area contributed by atoms with Crippen LogP contribution in [0.25, 0.3) is 0 Å². The largest absolute Gasteiger partial charge is 0.497 e. The lowest BCUT2D eigenvalue weighted by molar-refractivity contribution is 0.0180. The number of methoxy groups -OCH3 is 2. The summed E-state index contributed by atoms with van der Waals surface area (Å²) in [4.78, 5) is 20.2. The minimum Gasteiger partial charge on any atom is -0.497 e. The first-order valence-electron chi connectivity index (χ1n) is 12.3. The van der Waals surface area contributed by atoms with E-state index in [1.165, 1.54) is 17.8 Å². The summed E-state index contributed by atoms with van der Waals surface area (Å²) >= 11 is 1.53. The summed E-state index contributed by atoms with van der Waals surface area (Å²) in [6, 6.07) is 14.4. The summed E-state index contributed by atoms with van der Waals surface area (Å²) in [5, 5.41) is 0.538. The number of fused-ring (bicyclic) bond motifs is 1. The minimum atomic E-state index is -0.814. The molecule has 1 heterocycles. The number of carbonyl (C=O) groups excluding carboxylic acids is 1. The second-order valence-electron chi connectivity index (χ2n) is 10.4. The second-order valence-corrected chi connectivity index (χ2v) is 11.3. The fourth-order valence-corrected chi connectivity index (χ4v) is 6.28. The maximum absolute atomic E-state index is 15.3. The third kappa shape index (κ3) is 5.70. The predicted molar refractivity (Wildman–Crippen MR) is 141 cm³/mol. The van der Waals surface area contributed by atoms with Crippen LogP contribution in [0.4, 0.5) is 9.18 Å². The summed E-state index contributed by atoms with van der Waals surface area (Å²) in [7, 11) is 3.31. The Labute approximate surface area is 217 Å². The minimum absolute atomic E-state index is 0.0366. The summed E-state index contributed by atoms with van der Waals surface area (Å²) in [6.07, 6.45) is 1.83. The van der Waals surface area contributed by atoms with Crippen molar-refractivity contribution in [3.8, 4) is 5.75 Å². The van der Waals surface area contributed by atoms with Crippen molar-refractivity contribution in [1.29, 1.82) is 0 Å². The molecular weight excluding hydrogens is 479 g/mol. The lowest BCUT2D eigenvalue weighted by atomic mass is 9.68. The lowest BCUT2D eigenvalue weighted by Gasteiger charge is -2.47. The Kier molecular flexibility index (Phi) is 7.95. The van der Waals surface area contributed by atoms with Gasteiger partial charge in [-0.1, -0.05) is 42.1 Å². The van der Waals surface area contributed by atoms with Crippen LogP contribution >= 0.6 is 11.8 Å². The van der Waals surface area contributed by atoms with Crippen molar-refractivity contribution >= 4 is 23.0 Å². The molecule has 4 rings (SSSR count). The number of nitrogens with zero attached hydrogens (tertiary/aromatic N) is 2. The molecular formula is C28H35FN2O4S. The zero-order chi connectivity index (χ0) is 25.9. The van der Waals surface area contributed by atoms with Crippen LogP contribution in [-0.2, 0) is 21.6 Å². The molecule has 1 fully saturated rings. The van der Waals surface area contributed by atoms with Gasteiger partial charge in [0.1, 0.15) is 17.2 Å². The standard InChI is InChI=1S/C28H35FN2O4S/c1-27(2,3)35-26(32)31(17-19-10-13-21(33-4)14-11-19)25-30-28(23-8-6-7-9-24(23)29)16-22(34-5)15-12-20(28)18-36-25/h6-11,13-14,20,22H,12,15-18H2,1-5H3/t20-,22?,28-/m0/s1. The summed E-state index contributed by atoms with van der Waals surface area (Å²) in [5.41, 5.74) is -0.0219. The molecule has 0 spiro atoms. The maximum Gasteiger partial charge on any atom is 0.416 e. The molecule has 1 aliphatic heterocycles. The molecule has 6 nitrogen and oxygen atoms in total. The smallest absolute Gasteiger partial charge is 0.416 e. The van der Waals surface area contributed by atoms with E-state index in [0.717, 1.165) is 29.9 Å². The van der Waals surface area contributed by atoms with Crippen molar-refractivity contribution < 1.29 is 23.4 Å². The number of hydrogen-bond acceptors (Lipinski definition) is 6. The highest BCUT2D eigenvalue weighted by atomic mass is 32.2. The molecule has 1 unspecified atom stereocenters. The lowest BCUT2D eigenvalue weighted by Crippen LogP contribution is -2.49. The number of thioether (sulfide) groups is 1. The molecule has 1 aliphatic carbocycles. The first-order valence-corrected chi connectivity index (χ1v) is 13.3.